The minimum Gasteiger partial charge on any atom is -0.357 e. The summed E-state index contributed by atoms with van der Waals surface area (Å²) in [5, 5.41) is 11.5. The highest BCUT2D eigenvalue weighted by atomic mass is 127. The number of hydrogen-bond donors (Lipinski definition) is 2. The average molecular weight is 563 g/mol. The molecule has 1 unspecified atom stereocenters. The van der Waals surface area contributed by atoms with E-state index in [1.807, 2.05) is 35.6 Å². The van der Waals surface area contributed by atoms with Crippen LogP contribution in [0.5, 0.6) is 0 Å². The molecule has 0 amide bonds. The van der Waals surface area contributed by atoms with Crippen molar-refractivity contribution in [2.75, 3.05) is 24.5 Å². The minimum absolute atomic E-state index is 0. The number of aryl methyl sites for hydroxylation is 2. The van der Waals surface area contributed by atoms with Crippen LogP contribution in [-0.4, -0.2) is 46.4 Å². The predicted octanol–water partition coefficient (Wildman–Crippen LogP) is 3.98. The van der Waals surface area contributed by atoms with Gasteiger partial charge in [-0.1, -0.05) is 18.2 Å². The van der Waals surface area contributed by atoms with Crippen LogP contribution in [0.1, 0.15) is 30.3 Å². The molecular weight excluding hydrogens is 532 g/mol. The SMILES string of the molecule is CCNC(=NCc1ccccc1-n1nc(C)cc1C)NC1CCN(c2ncccc2F)C1.I. The van der Waals surface area contributed by atoms with E-state index in [9.17, 15) is 4.39 Å². The molecule has 0 spiro atoms. The summed E-state index contributed by atoms with van der Waals surface area (Å²) in [6.07, 6.45) is 2.52. The molecule has 0 aliphatic carbocycles. The van der Waals surface area contributed by atoms with Crippen LogP contribution in [0.3, 0.4) is 0 Å². The number of benzene rings is 1. The van der Waals surface area contributed by atoms with E-state index in [0.717, 1.165) is 48.1 Å². The Morgan fingerprint density at radius 2 is 2.03 bits per heavy atom. The number of rotatable bonds is 6. The molecule has 176 valence electrons. The third kappa shape index (κ3) is 6.01. The van der Waals surface area contributed by atoms with Crippen LogP contribution in [0.4, 0.5) is 10.2 Å². The highest BCUT2D eigenvalue weighted by Gasteiger charge is 2.26. The topological polar surface area (TPSA) is 70.4 Å². The normalized spacial score (nSPS) is 15.9. The molecule has 4 rings (SSSR count). The first-order valence-corrected chi connectivity index (χ1v) is 11.1. The summed E-state index contributed by atoms with van der Waals surface area (Å²) < 4.78 is 16.1. The third-order valence-electron chi connectivity index (χ3n) is 5.55. The van der Waals surface area contributed by atoms with E-state index in [2.05, 4.69) is 45.8 Å². The fourth-order valence-corrected chi connectivity index (χ4v) is 4.08. The lowest BCUT2D eigenvalue weighted by atomic mass is 10.2. The number of aliphatic imine (C=N–C) groups is 1. The Morgan fingerprint density at radius 3 is 2.76 bits per heavy atom. The van der Waals surface area contributed by atoms with Gasteiger partial charge >= 0.3 is 0 Å². The Labute approximate surface area is 211 Å². The Hall–Kier alpha value is -2.69. The summed E-state index contributed by atoms with van der Waals surface area (Å²) in [7, 11) is 0. The lowest BCUT2D eigenvalue weighted by molar-refractivity contribution is 0.612. The second-order valence-electron chi connectivity index (χ2n) is 8.05. The van der Waals surface area contributed by atoms with Gasteiger partial charge in [-0.2, -0.15) is 5.10 Å². The maximum Gasteiger partial charge on any atom is 0.191 e. The van der Waals surface area contributed by atoms with E-state index in [1.54, 1.807) is 12.3 Å². The van der Waals surface area contributed by atoms with Crippen LogP contribution in [0, 0.1) is 19.7 Å². The van der Waals surface area contributed by atoms with Crippen LogP contribution >= 0.6 is 24.0 Å². The molecule has 0 bridgehead atoms. The molecule has 1 fully saturated rings. The first kappa shape index (κ1) is 24.9. The number of nitrogens with zero attached hydrogens (tertiary/aromatic N) is 5. The number of nitrogens with one attached hydrogen (secondary N) is 2. The molecule has 0 radical (unpaired) electrons. The van der Waals surface area contributed by atoms with Crippen molar-refractivity contribution < 1.29 is 4.39 Å². The summed E-state index contributed by atoms with van der Waals surface area (Å²) in [4.78, 5) is 11.0. The Bertz CT molecular complexity index is 1100. The second-order valence-corrected chi connectivity index (χ2v) is 8.05. The minimum atomic E-state index is -0.283. The van der Waals surface area contributed by atoms with Crippen LogP contribution in [0.15, 0.2) is 53.7 Å². The monoisotopic (exact) mass is 563 g/mol. The van der Waals surface area contributed by atoms with Gasteiger partial charge in [0.2, 0.25) is 0 Å². The maximum atomic E-state index is 14.1. The number of hydrogen-bond acceptors (Lipinski definition) is 4. The van der Waals surface area contributed by atoms with Crippen LogP contribution in [0.25, 0.3) is 5.69 Å². The molecule has 33 heavy (non-hydrogen) atoms. The van der Waals surface area contributed by atoms with Gasteiger partial charge in [-0.05, 0) is 57.0 Å². The fraction of sp³-hybridized carbons (Fsp3) is 0.375. The van der Waals surface area contributed by atoms with Crippen LogP contribution in [0.2, 0.25) is 0 Å². The Morgan fingerprint density at radius 1 is 1.21 bits per heavy atom. The molecule has 1 saturated heterocycles. The molecule has 1 aliphatic rings. The zero-order valence-corrected chi connectivity index (χ0v) is 21.6. The van der Waals surface area contributed by atoms with Gasteiger partial charge in [0.1, 0.15) is 0 Å². The number of aromatic nitrogens is 3. The predicted molar refractivity (Wildman–Crippen MR) is 141 cm³/mol. The molecule has 0 saturated carbocycles. The van der Waals surface area contributed by atoms with Crippen molar-refractivity contribution in [3.05, 3.63) is 71.4 Å². The van der Waals surface area contributed by atoms with Crippen LogP contribution in [-0.2, 0) is 6.54 Å². The van der Waals surface area contributed by atoms with Crippen molar-refractivity contribution in [3.63, 3.8) is 0 Å². The molecule has 3 heterocycles. The molecule has 2 N–H and O–H groups in total. The van der Waals surface area contributed by atoms with E-state index < -0.39 is 0 Å². The van der Waals surface area contributed by atoms with Gasteiger partial charge in [0, 0.05) is 37.6 Å². The van der Waals surface area contributed by atoms with E-state index in [4.69, 9.17) is 4.99 Å². The van der Waals surface area contributed by atoms with Gasteiger partial charge in [-0.3, -0.25) is 0 Å². The molecule has 7 nitrogen and oxygen atoms in total. The second kappa shape index (κ2) is 11.4. The number of guanidine groups is 1. The zero-order valence-electron chi connectivity index (χ0n) is 19.3. The van der Waals surface area contributed by atoms with Gasteiger partial charge in [0.25, 0.3) is 0 Å². The average Bonchev–Trinajstić information content (AvgIpc) is 3.38. The fourth-order valence-electron chi connectivity index (χ4n) is 4.08. The highest BCUT2D eigenvalue weighted by Crippen LogP contribution is 2.21. The summed E-state index contributed by atoms with van der Waals surface area (Å²) in [6, 6.07) is 13.5. The lowest BCUT2D eigenvalue weighted by Gasteiger charge is -2.20. The maximum absolute atomic E-state index is 14.1. The molecule has 1 atom stereocenters. The molecule has 9 heteroatoms. The Balaban J connectivity index is 0.00000306. The zero-order chi connectivity index (χ0) is 22.5. The van der Waals surface area contributed by atoms with Crippen molar-refractivity contribution in [2.45, 2.75) is 39.8 Å². The summed E-state index contributed by atoms with van der Waals surface area (Å²) >= 11 is 0. The van der Waals surface area contributed by atoms with E-state index in [0.29, 0.717) is 18.9 Å². The molecular formula is C24H31FIN7. The van der Waals surface area contributed by atoms with Crippen molar-refractivity contribution >= 4 is 35.8 Å². The molecule has 2 aromatic heterocycles. The quantitative estimate of drug-likeness (QED) is 0.270. The smallest absolute Gasteiger partial charge is 0.191 e. The van der Waals surface area contributed by atoms with Gasteiger partial charge in [-0.15, -0.1) is 24.0 Å². The third-order valence-corrected chi connectivity index (χ3v) is 5.55. The number of para-hydroxylation sites is 1. The standard InChI is InChI=1S/C24H30FN7.HI/c1-4-26-24(29-20-11-13-31(16-20)23-21(25)9-7-12-27-23)28-15-19-8-5-6-10-22(19)32-18(3)14-17(2)30-32;/h5-10,12,14,20H,4,11,13,15-16H2,1-3H3,(H2,26,28,29);1H. The summed E-state index contributed by atoms with van der Waals surface area (Å²) in [5.41, 5.74) is 4.22. The number of pyridine rings is 1. The highest BCUT2D eigenvalue weighted by molar-refractivity contribution is 14.0. The summed E-state index contributed by atoms with van der Waals surface area (Å²) in [5.74, 6) is 0.885. The van der Waals surface area contributed by atoms with Crippen molar-refractivity contribution in [1.29, 1.82) is 0 Å². The number of anilines is 1. The number of halogens is 2. The Kier molecular flexibility index (Phi) is 8.65. The van der Waals surface area contributed by atoms with Gasteiger partial charge in [-0.25, -0.2) is 19.0 Å². The van der Waals surface area contributed by atoms with Crippen molar-refractivity contribution in [2.24, 2.45) is 4.99 Å². The van der Waals surface area contributed by atoms with Crippen LogP contribution < -0.4 is 15.5 Å². The van der Waals surface area contributed by atoms with Crippen molar-refractivity contribution in [3.8, 4) is 5.69 Å². The molecule has 1 aromatic carbocycles. The first-order valence-electron chi connectivity index (χ1n) is 11.1. The van der Waals surface area contributed by atoms with Crippen molar-refractivity contribution in [1.82, 2.24) is 25.4 Å². The molecule has 1 aliphatic heterocycles. The van der Waals surface area contributed by atoms with Gasteiger partial charge in [0.15, 0.2) is 17.6 Å². The van der Waals surface area contributed by atoms with Gasteiger partial charge < -0.3 is 15.5 Å². The van der Waals surface area contributed by atoms with E-state index >= 15 is 0 Å². The van der Waals surface area contributed by atoms with E-state index in [-0.39, 0.29) is 35.8 Å². The van der Waals surface area contributed by atoms with E-state index in [1.165, 1.54) is 6.07 Å². The molecule has 3 aromatic rings. The van der Waals surface area contributed by atoms with Gasteiger partial charge in [0.05, 0.1) is 17.9 Å². The largest absolute Gasteiger partial charge is 0.357 e. The summed E-state index contributed by atoms with van der Waals surface area (Å²) in [6.45, 7) is 8.82. The first-order chi connectivity index (χ1) is 15.5. The lowest BCUT2D eigenvalue weighted by Crippen LogP contribution is -2.44.